The van der Waals surface area contributed by atoms with E-state index in [1.165, 1.54) is 5.56 Å². The molecule has 2 rings (SSSR count). The zero-order valence-electron chi connectivity index (χ0n) is 10.1. The summed E-state index contributed by atoms with van der Waals surface area (Å²) in [5, 5.41) is 0. The van der Waals surface area contributed by atoms with E-state index in [0.29, 0.717) is 26.4 Å². The molecule has 0 saturated carbocycles. The number of rotatable bonds is 8. The first-order chi connectivity index (χ1) is 8.40. The quantitative estimate of drug-likeness (QED) is 0.511. The maximum absolute atomic E-state index is 5.58. The van der Waals surface area contributed by atoms with Gasteiger partial charge >= 0.3 is 0 Å². The predicted octanol–water partition coefficient (Wildman–Crippen LogP) is 1.80. The van der Waals surface area contributed by atoms with E-state index in [1.807, 2.05) is 18.2 Å². The summed E-state index contributed by atoms with van der Waals surface area (Å²) in [7, 11) is 1.66. The molecule has 1 aromatic rings. The van der Waals surface area contributed by atoms with Gasteiger partial charge in [-0.15, -0.1) is 0 Å². The Morgan fingerprint density at radius 1 is 1.24 bits per heavy atom. The Morgan fingerprint density at radius 2 is 2.06 bits per heavy atom. The van der Waals surface area contributed by atoms with Gasteiger partial charge in [-0.2, -0.15) is 0 Å². The fourth-order valence-corrected chi connectivity index (χ4v) is 1.51. The van der Waals surface area contributed by atoms with Crippen LogP contribution in [-0.2, 0) is 14.2 Å². The predicted molar refractivity (Wildman–Crippen MR) is 63.3 cm³/mol. The van der Waals surface area contributed by atoms with Crippen molar-refractivity contribution in [2.45, 2.75) is 6.10 Å². The molecular formula is C13H18O4. The van der Waals surface area contributed by atoms with Crippen LogP contribution in [-0.4, -0.2) is 40.1 Å². The van der Waals surface area contributed by atoms with Crippen LogP contribution in [0.2, 0.25) is 0 Å². The van der Waals surface area contributed by atoms with Crippen molar-refractivity contribution in [2.75, 3.05) is 40.1 Å². The van der Waals surface area contributed by atoms with Crippen LogP contribution >= 0.6 is 0 Å². The van der Waals surface area contributed by atoms with Gasteiger partial charge in [0.1, 0.15) is 18.5 Å². The molecule has 1 saturated heterocycles. The fourth-order valence-electron chi connectivity index (χ4n) is 1.51. The second-order valence-corrected chi connectivity index (χ2v) is 3.85. The fraction of sp³-hybridized carbons (Fsp3) is 0.538. The Kier molecular flexibility index (Phi) is 4.79. The van der Waals surface area contributed by atoms with E-state index >= 15 is 0 Å². The number of epoxide rings is 1. The zero-order valence-corrected chi connectivity index (χ0v) is 10.1. The molecular weight excluding hydrogens is 220 g/mol. The lowest BCUT2D eigenvalue weighted by molar-refractivity contribution is 0.0544. The van der Waals surface area contributed by atoms with Crippen LogP contribution < -0.4 is 4.74 Å². The van der Waals surface area contributed by atoms with Crippen LogP contribution in [0, 0.1) is 0 Å². The molecule has 0 amide bonds. The van der Waals surface area contributed by atoms with Crippen molar-refractivity contribution in [1.82, 2.24) is 0 Å². The van der Waals surface area contributed by atoms with Crippen molar-refractivity contribution >= 4 is 0 Å². The molecule has 1 aromatic carbocycles. The molecule has 0 aromatic heterocycles. The first kappa shape index (κ1) is 12.4. The molecule has 1 atom stereocenters. The number of ether oxygens (including phenoxy) is 4. The van der Waals surface area contributed by atoms with Crippen molar-refractivity contribution in [2.24, 2.45) is 0 Å². The molecule has 1 aliphatic heterocycles. The van der Waals surface area contributed by atoms with Crippen LogP contribution in [0.1, 0.15) is 11.7 Å². The van der Waals surface area contributed by atoms with Crippen LogP contribution in [0.15, 0.2) is 24.3 Å². The lowest BCUT2D eigenvalue weighted by atomic mass is 10.1. The Hall–Kier alpha value is -1.10. The summed E-state index contributed by atoms with van der Waals surface area (Å²) in [4.78, 5) is 0. The van der Waals surface area contributed by atoms with Crippen LogP contribution in [0.3, 0.4) is 0 Å². The lowest BCUT2D eigenvalue weighted by Gasteiger charge is -2.07. The normalized spacial score (nSPS) is 18.1. The van der Waals surface area contributed by atoms with Gasteiger partial charge in [0.2, 0.25) is 0 Å². The van der Waals surface area contributed by atoms with Crippen molar-refractivity contribution in [1.29, 1.82) is 0 Å². The highest BCUT2D eigenvalue weighted by Crippen LogP contribution is 2.31. The van der Waals surface area contributed by atoms with Gasteiger partial charge in [0, 0.05) is 7.11 Å². The molecule has 1 heterocycles. The summed E-state index contributed by atoms with van der Waals surface area (Å²) >= 11 is 0. The summed E-state index contributed by atoms with van der Waals surface area (Å²) in [5.41, 5.74) is 1.18. The minimum absolute atomic E-state index is 0.275. The first-order valence-electron chi connectivity index (χ1n) is 5.81. The Morgan fingerprint density at radius 3 is 2.82 bits per heavy atom. The number of benzene rings is 1. The standard InChI is InChI=1S/C13H18O4/c1-14-5-6-15-7-8-16-12-4-2-3-11(9-12)13-10-17-13/h2-4,9,13H,5-8,10H2,1H3. The topological polar surface area (TPSA) is 40.2 Å². The van der Waals surface area contributed by atoms with Crippen molar-refractivity contribution in [3.8, 4) is 5.75 Å². The highest BCUT2D eigenvalue weighted by atomic mass is 16.6. The maximum atomic E-state index is 5.58. The molecule has 0 N–H and O–H groups in total. The van der Waals surface area contributed by atoms with E-state index in [4.69, 9.17) is 18.9 Å². The van der Waals surface area contributed by atoms with Gasteiger partial charge in [-0.3, -0.25) is 0 Å². The molecule has 4 heteroatoms. The van der Waals surface area contributed by atoms with Gasteiger partial charge in [0.05, 0.1) is 26.4 Å². The van der Waals surface area contributed by atoms with Crippen LogP contribution in [0.25, 0.3) is 0 Å². The molecule has 0 bridgehead atoms. The number of methoxy groups -OCH3 is 1. The van der Waals surface area contributed by atoms with Gasteiger partial charge in [-0.25, -0.2) is 0 Å². The smallest absolute Gasteiger partial charge is 0.119 e. The summed E-state index contributed by atoms with van der Waals surface area (Å²) < 4.78 is 21.0. The van der Waals surface area contributed by atoms with E-state index in [0.717, 1.165) is 12.4 Å². The second-order valence-electron chi connectivity index (χ2n) is 3.85. The van der Waals surface area contributed by atoms with Gasteiger partial charge in [0.15, 0.2) is 0 Å². The maximum Gasteiger partial charge on any atom is 0.119 e. The molecule has 94 valence electrons. The SMILES string of the molecule is COCCOCCOc1cccc(C2CO2)c1. The zero-order chi connectivity index (χ0) is 11.9. The summed E-state index contributed by atoms with van der Waals surface area (Å²) in [6.07, 6.45) is 0.275. The third-order valence-electron chi connectivity index (χ3n) is 2.49. The van der Waals surface area contributed by atoms with E-state index < -0.39 is 0 Å². The molecule has 0 aliphatic carbocycles. The molecule has 1 fully saturated rings. The Labute approximate surface area is 101 Å². The third kappa shape index (κ3) is 4.34. The Bertz CT molecular complexity index is 336. The largest absolute Gasteiger partial charge is 0.491 e. The van der Waals surface area contributed by atoms with Gasteiger partial charge < -0.3 is 18.9 Å². The lowest BCUT2D eigenvalue weighted by Crippen LogP contribution is -2.10. The molecule has 4 nitrogen and oxygen atoms in total. The monoisotopic (exact) mass is 238 g/mol. The van der Waals surface area contributed by atoms with Crippen LogP contribution in [0.5, 0.6) is 5.75 Å². The van der Waals surface area contributed by atoms with E-state index in [-0.39, 0.29) is 6.10 Å². The number of hydrogen-bond donors (Lipinski definition) is 0. The average Bonchev–Trinajstić information content (AvgIpc) is 3.18. The molecule has 0 radical (unpaired) electrons. The van der Waals surface area contributed by atoms with Crippen LogP contribution in [0.4, 0.5) is 0 Å². The molecule has 1 unspecified atom stereocenters. The molecule has 17 heavy (non-hydrogen) atoms. The van der Waals surface area contributed by atoms with E-state index in [9.17, 15) is 0 Å². The minimum Gasteiger partial charge on any atom is -0.491 e. The highest BCUT2D eigenvalue weighted by molar-refractivity contribution is 5.31. The van der Waals surface area contributed by atoms with E-state index in [1.54, 1.807) is 7.11 Å². The Balaban J connectivity index is 1.66. The summed E-state index contributed by atoms with van der Waals surface area (Å²) in [6, 6.07) is 8.01. The minimum atomic E-state index is 0.275. The van der Waals surface area contributed by atoms with Gasteiger partial charge in [-0.05, 0) is 17.7 Å². The second kappa shape index (κ2) is 6.59. The molecule has 1 aliphatic rings. The average molecular weight is 238 g/mol. The van der Waals surface area contributed by atoms with E-state index in [2.05, 4.69) is 6.07 Å². The van der Waals surface area contributed by atoms with Crippen molar-refractivity contribution in [3.63, 3.8) is 0 Å². The molecule has 0 spiro atoms. The first-order valence-corrected chi connectivity index (χ1v) is 5.81. The van der Waals surface area contributed by atoms with Gasteiger partial charge in [-0.1, -0.05) is 12.1 Å². The third-order valence-corrected chi connectivity index (χ3v) is 2.49. The van der Waals surface area contributed by atoms with Gasteiger partial charge in [0.25, 0.3) is 0 Å². The van der Waals surface area contributed by atoms with Crippen molar-refractivity contribution in [3.05, 3.63) is 29.8 Å². The van der Waals surface area contributed by atoms with Crippen molar-refractivity contribution < 1.29 is 18.9 Å². The highest BCUT2D eigenvalue weighted by Gasteiger charge is 2.24. The summed E-state index contributed by atoms with van der Waals surface area (Å²) in [6.45, 7) is 3.18. The summed E-state index contributed by atoms with van der Waals surface area (Å²) in [5.74, 6) is 0.869. The number of hydrogen-bond acceptors (Lipinski definition) is 4.